The van der Waals surface area contributed by atoms with Crippen LogP contribution in [0.5, 0.6) is 17.2 Å². The summed E-state index contributed by atoms with van der Waals surface area (Å²) in [5.41, 5.74) is 0.598. The molecule has 3 aromatic carbocycles. The van der Waals surface area contributed by atoms with Crippen molar-refractivity contribution in [2.24, 2.45) is 0 Å². The van der Waals surface area contributed by atoms with Crippen LogP contribution in [0.4, 0.5) is 5.69 Å². The molecule has 2 N–H and O–H groups in total. The lowest BCUT2D eigenvalue weighted by Gasteiger charge is -2.16. The molecule has 0 unspecified atom stereocenters. The van der Waals surface area contributed by atoms with Crippen LogP contribution in [0, 0.1) is 0 Å². The maximum absolute atomic E-state index is 13.5. The van der Waals surface area contributed by atoms with Gasteiger partial charge in [-0.25, -0.2) is 4.79 Å². The van der Waals surface area contributed by atoms with Crippen LogP contribution < -0.4 is 26.0 Å². The van der Waals surface area contributed by atoms with E-state index in [4.69, 9.17) is 9.47 Å². The topological polar surface area (TPSA) is 115 Å². The third kappa shape index (κ3) is 6.66. The highest BCUT2D eigenvalue weighted by molar-refractivity contribution is 5.92. The molecule has 1 amide bonds. The number of hydrogen-bond acceptors (Lipinski definition) is 7. The van der Waals surface area contributed by atoms with Gasteiger partial charge in [0.25, 0.3) is 5.56 Å². The van der Waals surface area contributed by atoms with E-state index in [1.807, 2.05) is 14.1 Å². The number of benzene rings is 3. The number of phenolic OH excluding ortho intramolecular Hbond substituents is 1. The van der Waals surface area contributed by atoms with E-state index in [1.54, 1.807) is 72.7 Å². The molecule has 10 nitrogen and oxygen atoms in total. The molecule has 0 aliphatic rings. The summed E-state index contributed by atoms with van der Waals surface area (Å²) in [5, 5.41) is 13.6. The van der Waals surface area contributed by atoms with Gasteiger partial charge in [-0.3, -0.25) is 18.7 Å². The fourth-order valence-corrected chi connectivity index (χ4v) is 4.29. The molecule has 0 bridgehead atoms. The van der Waals surface area contributed by atoms with Gasteiger partial charge in [-0.1, -0.05) is 24.3 Å². The van der Waals surface area contributed by atoms with Crippen LogP contribution in [0.15, 0.2) is 76.3 Å². The second kappa shape index (κ2) is 12.3. The molecular weight excluding hydrogens is 500 g/mol. The van der Waals surface area contributed by atoms with Crippen molar-refractivity contribution in [2.75, 3.05) is 39.7 Å². The number of aryl methyl sites for hydroxylation is 1. The Balaban J connectivity index is 1.52. The number of carbonyl (C=O) groups excluding carboxylic acids is 1. The SMILES string of the molecule is COc1ccc(Cn2c(=O)c3cccc(O)c3n(CCCOc3cccc(NC(=O)CN(C)C)c3)c2=O)cc1. The molecule has 0 saturated carbocycles. The van der Waals surface area contributed by atoms with Crippen molar-refractivity contribution in [3.8, 4) is 17.2 Å². The number of methoxy groups -OCH3 is 1. The Labute approximate surface area is 225 Å². The van der Waals surface area contributed by atoms with Crippen molar-refractivity contribution in [1.29, 1.82) is 0 Å². The number of phenols is 1. The summed E-state index contributed by atoms with van der Waals surface area (Å²) in [6.07, 6.45) is 0.432. The van der Waals surface area contributed by atoms with E-state index in [0.29, 0.717) is 23.6 Å². The van der Waals surface area contributed by atoms with Gasteiger partial charge < -0.3 is 24.8 Å². The fraction of sp³-hybridized carbons (Fsp3) is 0.276. The van der Waals surface area contributed by atoms with E-state index in [1.165, 1.54) is 15.2 Å². The molecule has 1 aromatic heterocycles. The molecule has 0 aliphatic heterocycles. The summed E-state index contributed by atoms with van der Waals surface area (Å²) in [5.74, 6) is 0.976. The number of aromatic nitrogens is 2. The van der Waals surface area contributed by atoms with Gasteiger partial charge in [0.15, 0.2) is 0 Å². The van der Waals surface area contributed by atoms with Crippen molar-refractivity contribution in [3.63, 3.8) is 0 Å². The van der Waals surface area contributed by atoms with Gasteiger partial charge >= 0.3 is 5.69 Å². The van der Waals surface area contributed by atoms with Crippen molar-refractivity contribution in [1.82, 2.24) is 14.0 Å². The number of aromatic hydroxyl groups is 1. The van der Waals surface area contributed by atoms with Gasteiger partial charge in [0.2, 0.25) is 5.91 Å². The number of anilines is 1. The Kier molecular flexibility index (Phi) is 8.67. The highest BCUT2D eigenvalue weighted by Crippen LogP contribution is 2.22. The number of nitrogens with zero attached hydrogens (tertiary/aromatic N) is 3. The number of fused-ring (bicyclic) bond motifs is 1. The fourth-order valence-electron chi connectivity index (χ4n) is 4.29. The molecule has 39 heavy (non-hydrogen) atoms. The molecule has 4 rings (SSSR count). The molecule has 0 fully saturated rings. The van der Waals surface area contributed by atoms with Gasteiger partial charge in [0.1, 0.15) is 22.8 Å². The second-order valence-corrected chi connectivity index (χ2v) is 9.36. The molecule has 1 heterocycles. The van der Waals surface area contributed by atoms with Crippen molar-refractivity contribution in [3.05, 3.63) is 93.1 Å². The molecule has 0 aliphatic carbocycles. The van der Waals surface area contributed by atoms with E-state index in [2.05, 4.69) is 5.32 Å². The Bertz CT molecular complexity index is 1570. The lowest BCUT2D eigenvalue weighted by molar-refractivity contribution is -0.116. The highest BCUT2D eigenvalue weighted by atomic mass is 16.5. The lowest BCUT2D eigenvalue weighted by atomic mass is 10.2. The summed E-state index contributed by atoms with van der Waals surface area (Å²) >= 11 is 0. The molecule has 10 heteroatoms. The monoisotopic (exact) mass is 532 g/mol. The average Bonchev–Trinajstić information content (AvgIpc) is 2.91. The van der Waals surface area contributed by atoms with E-state index in [0.717, 1.165) is 5.56 Å². The summed E-state index contributed by atoms with van der Waals surface area (Å²) in [7, 11) is 5.20. The Morgan fingerprint density at radius 3 is 2.44 bits per heavy atom. The Morgan fingerprint density at radius 1 is 0.974 bits per heavy atom. The molecule has 0 atom stereocenters. The number of nitrogens with one attached hydrogen (secondary N) is 1. The van der Waals surface area contributed by atoms with Crippen LogP contribution in [-0.2, 0) is 17.9 Å². The number of rotatable bonds is 11. The van der Waals surface area contributed by atoms with Crippen LogP contribution in [0.25, 0.3) is 10.9 Å². The molecule has 4 aromatic rings. The minimum atomic E-state index is -0.518. The lowest BCUT2D eigenvalue weighted by Crippen LogP contribution is -2.40. The normalized spacial score (nSPS) is 11.1. The Morgan fingerprint density at radius 2 is 1.72 bits per heavy atom. The Hall–Kier alpha value is -4.57. The average molecular weight is 533 g/mol. The van der Waals surface area contributed by atoms with Crippen LogP contribution in [0.2, 0.25) is 0 Å². The third-order valence-corrected chi connectivity index (χ3v) is 6.09. The van der Waals surface area contributed by atoms with Crippen molar-refractivity contribution in [2.45, 2.75) is 19.5 Å². The number of hydrogen-bond donors (Lipinski definition) is 2. The number of ether oxygens (including phenoxy) is 2. The second-order valence-electron chi connectivity index (χ2n) is 9.36. The number of likely N-dealkylation sites (N-methyl/N-ethyl adjacent to an activating group) is 1. The predicted molar refractivity (Wildman–Crippen MR) is 150 cm³/mol. The smallest absolute Gasteiger partial charge is 0.331 e. The highest BCUT2D eigenvalue weighted by Gasteiger charge is 2.16. The van der Waals surface area contributed by atoms with Gasteiger partial charge in [0.05, 0.1) is 32.2 Å². The first-order chi connectivity index (χ1) is 18.8. The molecule has 0 radical (unpaired) electrons. The third-order valence-electron chi connectivity index (χ3n) is 6.09. The summed E-state index contributed by atoms with van der Waals surface area (Å²) < 4.78 is 13.6. The molecule has 0 spiro atoms. The summed E-state index contributed by atoms with van der Waals surface area (Å²) in [6.45, 7) is 0.834. The maximum Gasteiger partial charge on any atom is 0.331 e. The van der Waals surface area contributed by atoms with Crippen LogP contribution in [0.1, 0.15) is 12.0 Å². The van der Waals surface area contributed by atoms with Crippen LogP contribution >= 0.6 is 0 Å². The zero-order valence-electron chi connectivity index (χ0n) is 22.2. The zero-order chi connectivity index (χ0) is 27.9. The van der Waals surface area contributed by atoms with Gasteiger partial charge in [-0.2, -0.15) is 0 Å². The minimum Gasteiger partial charge on any atom is -0.506 e. The maximum atomic E-state index is 13.5. The molecule has 204 valence electrons. The van der Waals surface area contributed by atoms with Gasteiger partial charge in [-0.15, -0.1) is 0 Å². The first kappa shape index (κ1) is 27.5. The minimum absolute atomic E-state index is 0.0795. The zero-order valence-corrected chi connectivity index (χ0v) is 22.2. The van der Waals surface area contributed by atoms with Crippen molar-refractivity contribution < 1.29 is 19.4 Å². The number of amides is 1. The first-order valence-electron chi connectivity index (χ1n) is 12.5. The predicted octanol–water partition coefficient (Wildman–Crippen LogP) is 2.89. The largest absolute Gasteiger partial charge is 0.506 e. The van der Waals surface area contributed by atoms with Gasteiger partial charge in [0, 0.05) is 18.3 Å². The number of para-hydroxylation sites is 1. The van der Waals surface area contributed by atoms with Crippen LogP contribution in [0.3, 0.4) is 0 Å². The molecular formula is C29H32N4O6. The van der Waals surface area contributed by atoms with E-state index in [-0.39, 0.29) is 48.8 Å². The van der Waals surface area contributed by atoms with E-state index < -0.39 is 11.2 Å². The van der Waals surface area contributed by atoms with Crippen LogP contribution in [-0.4, -0.2) is 59.4 Å². The summed E-state index contributed by atoms with van der Waals surface area (Å²) in [6, 6.07) is 18.9. The quantitative estimate of drug-likeness (QED) is 0.286. The summed E-state index contributed by atoms with van der Waals surface area (Å²) in [4.78, 5) is 40.5. The van der Waals surface area contributed by atoms with Crippen molar-refractivity contribution >= 4 is 22.5 Å². The standard InChI is InChI=1S/C29H32N4O6/c1-31(2)19-26(35)30-21-7-4-8-23(17-21)39-16-6-15-32-27-24(9-5-10-25(27)34)28(36)33(29(32)37)18-20-11-13-22(38-3)14-12-20/h4-5,7-14,17,34H,6,15-16,18-19H2,1-3H3,(H,30,35). The van der Waals surface area contributed by atoms with E-state index >= 15 is 0 Å². The van der Waals surface area contributed by atoms with E-state index in [9.17, 15) is 19.5 Å². The molecule has 0 saturated heterocycles. The number of carbonyl (C=O) groups is 1. The van der Waals surface area contributed by atoms with Gasteiger partial charge in [-0.05, 0) is 62.5 Å². The first-order valence-corrected chi connectivity index (χ1v) is 12.5.